The van der Waals surface area contributed by atoms with Crippen LogP contribution in [0.1, 0.15) is 25.3 Å². The normalized spacial score (nSPS) is 16.9. The Kier molecular flexibility index (Phi) is 7.43. The van der Waals surface area contributed by atoms with E-state index in [0.29, 0.717) is 25.9 Å². The second-order valence-corrected chi connectivity index (χ2v) is 11.2. The molecule has 9 nitrogen and oxygen atoms in total. The van der Waals surface area contributed by atoms with Crippen LogP contribution in [0.2, 0.25) is 0 Å². The van der Waals surface area contributed by atoms with Crippen molar-refractivity contribution in [3.05, 3.63) is 29.8 Å². The molecule has 11 heteroatoms. The summed E-state index contributed by atoms with van der Waals surface area (Å²) in [6, 6.07) is 5.93. The number of urea groups is 1. The van der Waals surface area contributed by atoms with Gasteiger partial charge in [-0.1, -0.05) is 12.1 Å². The number of nitrogens with one attached hydrogen (secondary N) is 2. The van der Waals surface area contributed by atoms with E-state index >= 15 is 0 Å². The van der Waals surface area contributed by atoms with E-state index in [2.05, 4.69) is 10.6 Å². The molecule has 158 valence electrons. The highest BCUT2D eigenvalue weighted by Gasteiger charge is 2.27. The third-order valence-electron chi connectivity index (χ3n) is 4.70. The van der Waals surface area contributed by atoms with Crippen LogP contribution < -0.4 is 10.6 Å². The van der Waals surface area contributed by atoms with Crippen LogP contribution in [0.4, 0.5) is 4.79 Å². The average Bonchev–Trinajstić information content (AvgIpc) is 2.67. The molecule has 1 aromatic carbocycles. The summed E-state index contributed by atoms with van der Waals surface area (Å²) >= 11 is 0. The Labute approximate surface area is 167 Å². The molecule has 1 aromatic rings. The third kappa shape index (κ3) is 5.66. The zero-order valence-corrected chi connectivity index (χ0v) is 18.0. The van der Waals surface area contributed by atoms with Crippen LogP contribution in [-0.4, -0.2) is 70.5 Å². The maximum Gasteiger partial charge on any atom is 0.315 e. The molecule has 0 spiro atoms. The highest BCUT2D eigenvalue weighted by Crippen LogP contribution is 2.15. The molecule has 2 amide bonds. The largest absolute Gasteiger partial charge is 0.335 e. The summed E-state index contributed by atoms with van der Waals surface area (Å²) in [5.74, 6) is 0.0835. The topological polar surface area (TPSA) is 116 Å². The summed E-state index contributed by atoms with van der Waals surface area (Å²) in [4.78, 5) is 12.3. The smallest absolute Gasteiger partial charge is 0.315 e. The predicted molar refractivity (Wildman–Crippen MR) is 107 cm³/mol. The molecule has 0 aliphatic carbocycles. The van der Waals surface area contributed by atoms with Gasteiger partial charge >= 0.3 is 6.03 Å². The van der Waals surface area contributed by atoms with E-state index in [1.54, 1.807) is 19.1 Å². The minimum atomic E-state index is -3.47. The summed E-state index contributed by atoms with van der Waals surface area (Å²) in [7, 11) is -3.72. The van der Waals surface area contributed by atoms with E-state index in [1.807, 2.05) is 0 Å². The molecule has 1 fully saturated rings. The second-order valence-electron chi connectivity index (χ2n) is 6.83. The molecular formula is C17H28N4O5S2. The van der Waals surface area contributed by atoms with Crippen molar-refractivity contribution in [2.75, 3.05) is 32.9 Å². The Morgan fingerprint density at radius 1 is 1.11 bits per heavy atom. The van der Waals surface area contributed by atoms with Gasteiger partial charge in [0.15, 0.2) is 0 Å². The number of carbonyl (C=O) groups excluding carboxylic acids is 1. The fourth-order valence-electron chi connectivity index (χ4n) is 2.87. The lowest BCUT2D eigenvalue weighted by Crippen LogP contribution is -2.49. The van der Waals surface area contributed by atoms with Gasteiger partial charge in [0.25, 0.3) is 0 Å². The molecule has 2 N–H and O–H groups in total. The Morgan fingerprint density at radius 3 is 2.18 bits per heavy atom. The fraction of sp³-hybridized carbons (Fsp3) is 0.588. The van der Waals surface area contributed by atoms with Crippen molar-refractivity contribution in [2.24, 2.45) is 0 Å². The Balaban J connectivity index is 1.81. The van der Waals surface area contributed by atoms with Crippen LogP contribution >= 0.6 is 0 Å². The van der Waals surface area contributed by atoms with E-state index in [1.165, 1.54) is 30.5 Å². The number of piperidine rings is 1. The molecule has 28 heavy (non-hydrogen) atoms. The van der Waals surface area contributed by atoms with Gasteiger partial charge in [0, 0.05) is 39.8 Å². The van der Waals surface area contributed by atoms with E-state index in [4.69, 9.17) is 0 Å². The molecule has 2 rings (SSSR count). The SMILES string of the molecule is CCS(=O)(=O)N1CCC(NC(=O)NCc2ccc(S(=O)(=O)N(C)C)cc2)CC1. The molecule has 0 unspecified atom stereocenters. The summed E-state index contributed by atoms with van der Waals surface area (Å²) < 4.78 is 50.4. The highest BCUT2D eigenvalue weighted by molar-refractivity contribution is 7.89. The zero-order chi connectivity index (χ0) is 20.9. The van der Waals surface area contributed by atoms with E-state index in [-0.39, 0.29) is 29.3 Å². The minimum absolute atomic E-state index is 0.0732. The monoisotopic (exact) mass is 432 g/mol. The third-order valence-corrected chi connectivity index (χ3v) is 8.41. The van der Waals surface area contributed by atoms with Gasteiger partial charge in [-0.15, -0.1) is 0 Å². The van der Waals surface area contributed by atoms with Crippen molar-refractivity contribution >= 4 is 26.1 Å². The number of rotatable bonds is 7. The summed E-state index contributed by atoms with van der Waals surface area (Å²) in [5, 5.41) is 5.59. The van der Waals surface area contributed by atoms with Crippen molar-refractivity contribution in [3.63, 3.8) is 0 Å². The maximum absolute atomic E-state index is 12.1. The number of sulfonamides is 2. The number of carbonyl (C=O) groups is 1. The van der Waals surface area contributed by atoms with Crippen LogP contribution in [0.25, 0.3) is 0 Å². The number of hydrogen-bond donors (Lipinski definition) is 2. The molecule has 1 aliphatic heterocycles. The zero-order valence-electron chi connectivity index (χ0n) is 16.4. The van der Waals surface area contributed by atoms with Crippen LogP contribution in [0, 0.1) is 0 Å². The first kappa shape index (κ1) is 22.6. The highest BCUT2D eigenvalue weighted by atomic mass is 32.2. The van der Waals surface area contributed by atoms with Crippen molar-refractivity contribution in [1.82, 2.24) is 19.2 Å². The van der Waals surface area contributed by atoms with Gasteiger partial charge in [0.1, 0.15) is 0 Å². The van der Waals surface area contributed by atoms with Crippen LogP contribution in [0.5, 0.6) is 0 Å². The van der Waals surface area contributed by atoms with Gasteiger partial charge in [0.05, 0.1) is 10.6 Å². The molecule has 1 aliphatic rings. The van der Waals surface area contributed by atoms with Gasteiger partial charge in [0.2, 0.25) is 20.0 Å². The van der Waals surface area contributed by atoms with E-state index in [0.717, 1.165) is 9.87 Å². The van der Waals surface area contributed by atoms with Crippen molar-refractivity contribution in [3.8, 4) is 0 Å². The van der Waals surface area contributed by atoms with Gasteiger partial charge in [-0.05, 0) is 37.5 Å². The van der Waals surface area contributed by atoms with Gasteiger partial charge in [-0.25, -0.2) is 30.2 Å². The number of nitrogens with zero attached hydrogens (tertiary/aromatic N) is 2. The van der Waals surface area contributed by atoms with Crippen LogP contribution in [0.15, 0.2) is 29.2 Å². The quantitative estimate of drug-likeness (QED) is 0.653. The average molecular weight is 433 g/mol. The lowest BCUT2D eigenvalue weighted by atomic mass is 10.1. The fourth-order valence-corrected chi connectivity index (χ4v) is 4.90. The first-order valence-corrected chi connectivity index (χ1v) is 12.1. The molecule has 0 bridgehead atoms. The number of hydrogen-bond acceptors (Lipinski definition) is 5. The standard InChI is InChI=1S/C17H28N4O5S2/c1-4-27(23,24)21-11-9-15(10-12-21)19-17(22)18-13-14-5-7-16(8-6-14)28(25,26)20(2)3/h5-8,15H,4,9-13H2,1-3H3,(H2,18,19,22). The molecular weight excluding hydrogens is 404 g/mol. The Bertz CT molecular complexity index is 875. The van der Waals surface area contributed by atoms with E-state index in [9.17, 15) is 21.6 Å². The summed E-state index contributed by atoms with van der Waals surface area (Å²) in [5.41, 5.74) is 0.775. The van der Waals surface area contributed by atoms with Crippen LogP contribution in [0.3, 0.4) is 0 Å². The molecule has 0 atom stereocenters. The van der Waals surface area contributed by atoms with Crippen LogP contribution in [-0.2, 0) is 26.6 Å². The van der Waals surface area contributed by atoms with Gasteiger partial charge < -0.3 is 10.6 Å². The molecule has 0 radical (unpaired) electrons. The molecule has 1 saturated heterocycles. The summed E-state index contributed by atoms with van der Waals surface area (Å²) in [6.07, 6.45) is 1.15. The predicted octanol–water partition coefficient (Wildman–Crippen LogP) is 0.550. The van der Waals surface area contributed by atoms with Crippen molar-refractivity contribution in [2.45, 2.75) is 37.2 Å². The van der Waals surface area contributed by atoms with Crippen molar-refractivity contribution in [1.29, 1.82) is 0 Å². The molecule has 0 aromatic heterocycles. The Hall–Kier alpha value is -1.69. The molecule has 0 saturated carbocycles. The summed E-state index contributed by atoms with van der Waals surface area (Å²) in [6.45, 7) is 2.69. The maximum atomic E-state index is 12.1. The minimum Gasteiger partial charge on any atom is -0.335 e. The first-order chi connectivity index (χ1) is 13.1. The lowest BCUT2D eigenvalue weighted by molar-refractivity contribution is 0.227. The van der Waals surface area contributed by atoms with Gasteiger partial charge in [-0.3, -0.25) is 0 Å². The first-order valence-electron chi connectivity index (χ1n) is 9.10. The lowest BCUT2D eigenvalue weighted by Gasteiger charge is -2.31. The second kappa shape index (κ2) is 9.21. The number of amides is 2. The number of benzene rings is 1. The molecule has 1 heterocycles. The van der Waals surface area contributed by atoms with E-state index < -0.39 is 20.0 Å². The Morgan fingerprint density at radius 2 is 1.68 bits per heavy atom. The van der Waals surface area contributed by atoms with Gasteiger partial charge in [-0.2, -0.15) is 0 Å². The van der Waals surface area contributed by atoms with Crippen molar-refractivity contribution < 1.29 is 21.6 Å².